The van der Waals surface area contributed by atoms with Gasteiger partial charge < -0.3 is 14.8 Å². The van der Waals surface area contributed by atoms with E-state index in [0.717, 1.165) is 73.4 Å². The Hall–Kier alpha value is -2.82. The van der Waals surface area contributed by atoms with Crippen molar-refractivity contribution in [3.05, 3.63) is 53.6 Å². The number of carbonyl (C=O) groups excluding carboxylic acids is 1. The minimum absolute atomic E-state index is 0.137. The Kier molecular flexibility index (Phi) is 6.61. The van der Waals surface area contributed by atoms with E-state index in [0.29, 0.717) is 17.4 Å². The first-order chi connectivity index (χ1) is 16.8. The number of fused-ring (bicyclic) bond motifs is 1. The van der Waals surface area contributed by atoms with Gasteiger partial charge in [-0.2, -0.15) is 0 Å². The molecule has 186 valence electrons. The van der Waals surface area contributed by atoms with Crippen molar-refractivity contribution in [2.24, 2.45) is 11.3 Å². The minimum atomic E-state index is 0.137. The van der Waals surface area contributed by atoms with Gasteiger partial charge in [-0.3, -0.25) is 4.79 Å². The molecule has 0 spiro atoms. The molecule has 2 unspecified atom stereocenters. The van der Waals surface area contributed by atoms with Crippen LogP contribution in [0.5, 0.6) is 0 Å². The van der Waals surface area contributed by atoms with Gasteiger partial charge in [-0.05, 0) is 92.2 Å². The molecule has 0 radical (unpaired) electrons. The molecule has 1 aliphatic heterocycles. The first kappa shape index (κ1) is 23.9. The summed E-state index contributed by atoms with van der Waals surface area (Å²) in [5.41, 5.74) is 5.43. The molecule has 5 rings (SSSR count). The lowest BCUT2D eigenvalue weighted by atomic mass is 9.70. The fourth-order valence-electron chi connectivity index (χ4n) is 6.41. The van der Waals surface area contributed by atoms with Crippen molar-refractivity contribution >= 4 is 28.6 Å². The van der Waals surface area contributed by atoms with Crippen LogP contribution in [0, 0.1) is 11.3 Å². The first-order valence-corrected chi connectivity index (χ1v) is 13.5. The van der Waals surface area contributed by atoms with E-state index in [4.69, 9.17) is 4.98 Å². The van der Waals surface area contributed by atoms with E-state index in [1.807, 2.05) is 17.0 Å². The largest absolute Gasteiger partial charge is 0.339 e. The lowest BCUT2D eigenvalue weighted by Crippen LogP contribution is -2.35. The quantitative estimate of drug-likeness (QED) is 0.422. The summed E-state index contributed by atoms with van der Waals surface area (Å²) in [5.74, 6) is 1.68. The zero-order chi connectivity index (χ0) is 24.6. The summed E-state index contributed by atoms with van der Waals surface area (Å²) in [6.45, 7) is 11.1. The second kappa shape index (κ2) is 9.67. The highest BCUT2D eigenvalue weighted by Crippen LogP contribution is 2.46. The summed E-state index contributed by atoms with van der Waals surface area (Å²) in [6, 6.07) is 15.1. The van der Waals surface area contributed by atoms with Crippen molar-refractivity contribution < 1.29 is 4.79 Å². The van der Waals surface area contributed by atoms with E-state index in [-0.39, 0.29) is 5.91 Å². The molecular formula is C30H40N4O. The SMILES string of the molecule is CCc1ccc(Nc2nc3cc(C(=O)N4CCCCC4)ccc3n2C2CC(C)CC(C)(C)C2)cc1. The van der Waals surface area contributed by atoms with Crippen LogP contribution in [0.4, 0.5) is 11.6 Å². The summed E-state index contributed by atoms with van der Waals surface area (Å²) in [4.78, 5) is 20.3. The first-order valence-electron chi connectivity index (χ1n) is 13.5. The molecule has 1 saturated carbocycles. The number of nitrogens with one attached hydrogen (secondary N) is 1. The Bertz CT molecular complexity index is 1190. The molecule has 1 amide bonds. The van der Waals surface area contributed by atoms with Gasteiger partial charge in [-0.15, -0.1) is 0 Å². The molecule has 2 aliphatic rings. The Labute approximate surface area is 209 Å². The Morgan fingerprint density at radius 2 is 1.80 bits per heavy atom. The average Bonchev–Trinajstić information content (AvgIpc) is 3.20. The van der Waals surface area contributed by atoms with Gasteiger partial charge in [0.2, 0.25) is 5.95 Å². The topological polar surface area (TPSA) is 50.2 Å². The molecule has 1 saturated heterocycles. The van der Waals surface area contributed by atoms with Gasteiger partial charge >= 0.3 is 0 Å². The zero-order valence-electron chi connectivity index (χ0n) is 21.8. The standard InChI is InChI=1S/C30H40N4O/c1-5-22-9-12-24(13-10-22)31-29-32-26-18-23(28(35)33-15-7-6-8-16-33)11-14-27(26)34(29)25-17-21(2)19-30(3,4)20-25/h9-14,18,21,25H,5-8,15-17,19-20H2,1-4H3,(H,31,32). The molecule has 5 nitrogen and oxygen atoms in total. The van der Waals surface area contributed by atoms with Gasteiger partial charge in [0.1, 0.15) is 0 Å². The molecule has 35 heavy (non-hydrogen) atoms. The summed E-state index contributed by atoms with van der Waals surface area (Å²) >= 11 is 0. The summed E-state index contributed by atoms with van der Waals surface area (Å²) in [5, 5.41) is 3.62. The van der Waals surface area contributed by atoms with Gasteiger partial charge in [-0.1, -0.05) is 39.8 Å². The van der Waals surface area contributed by atoms with Gasteiger partial charge in [0, 0.05) is 30.4 Å². The monoisotopic (exact) mass is 472 g/mol. The van der Waals surface area contributed by atoms with Gasteiger partial charge in [0.25, 0.3) is 5.91 Å². The number of anilines is 2. The predicted octanol–water partition coefficient (Wildman–Crippen LogP) is 7.36. The van der Waals surface area contributed by atoms with E-state index in [1.54, 1.807) is 0 Å². The Morgan fingerprint density at radius 1 is 1.06 bits per heavy atom. The van der Waals surface area contributed by atoms with E-state index < -0.39 is 0 Å². The van der Waals surface area contributed by atoms with Crippen molar-refractivity contribution in [2.75, 3.05) is 18.4 Å². The number of imidazole rings is 1. The molecule has 2 atom stereocenters. The number of likely N-dealkylation sites (tertiary alicyclic amines) is 1. The second-order valence-electron chi connectivity index (χ2n) is 11.6. The minimum Gasteiger partial charge on any atom is -0.339 e. The lowest BCUT2D eigenvalue weighted by molar-refractivity contribution is 0.0724. The molecule has 1 aromatic heterocycles. The molecule has 3 aromatic rings. The van der Waals surface area contributed by atoms with Crippen LogP contribution >= 0.6 is 0 Å². The molecule has 0 bridgehead atoms. The Morgan fingerprint density at radius 3 is 2.49 bits per heavy atom. The number of nitrogens with zero attached hydrogens (tertiary/aromatic N) is 3. The third-order valence-corrected chi connectivity index (χ3v) is 7.93. The summed E-state index contributed by atoms with van der Waals surface area (Å²) in [6.07, 6.45) is 7.98. The second-order valence-corrected chi connectivity index (χ2v) is 11.6. The van der Waals surface area contributed by atoms with Gasteiger partial charge in [0.05, 0.1) is 11.0 Å². The van der Waals surface area contributed by atoms with Crippen LogP contribution in [0.2, 0.25) is 0 Å². The molecule has 2 aromatic carbocycles. The fourth-order valence-corrected chi connectivity index (χ4v) is 6.41. The number of aryl methyl sites for hydroxylation is 1. The lowest BCUT2D eigenvalue weighted by Gasteiger charge is -2.40. The van der Waals surface area contributed by atoms with Crippen molar-refractivity contribution in [1.29, 1.82) is 0 Å². The van der Waals surface area contributed by atoms with Crippen molar-refractivity contribution in [3.8, 4) is 0 Å². The smallest absolute Gasteiger partial charge is 0.253 e. The maximum absolute atomic E-state index is 13.2. The molecule has 2 fully saturated rings. The van der Waals surface area contributed by atoms with Gasteiger partial charge in [0.15, 0.2) is 0 Å². The highest BCUT2D eigenvalue weighted by Gasteiger charge is 2.35. The molecule has 1 aliphatic carbocycles. The van der Waals surface area contributed by atoms with Crippen LogP contribution in [0.25, 0.3) is 11.0 Å². The number of carbonyl (C=O) groups is 1. The van der Waals surface area contributed by atoms with Crippen LogP contribution in [0.15, 0.2) is 42.5 Å². The zero-order valence-corrected chi connectivity index (χ0v) is 21.8. The van der Waals surface area contributed by atoms with E-state index in [2.05, 4.69) is 67.9 Å². The molecule has 2 heterocycles. The average molecular weight is 473 g/mol. The van der Waals surface area contributed by atoms with Crippen LogP contribution in [-0.4, -0.2) is 33.4 Å². The van der Waals surface area contributed by atoms with E-state index in [9.17, 15) is 4.79 Å². The number of aromatic nitrogens is 2. The molecule has 5 heteroatoms. The van der Waals surface area contributed by atoms with Crippen molar-refractivity contribution in [3.63, 3.8) is 0 Å². The van der Waals surface area contributed by atoms with Crippen LogP contribution in [0.1, 0.15) is 88.2 Å². The van der Waals surface area contributed by atoms with Crippen molar-refractivity contribution in [2.45, 2.75) is 78.7 Å². The molecule has 1 N–H and O–H groups in total. The van der Waals surface area contributed by atoms with E-state index in [1.165, 1.54) is 18.4 Å². The molecular weight excluding hydrogens is 432 g/mol. The fraction of sp³-hybridized carbons (Fsp3) is 0.533. The van der Waals surface area contributed by atoms with Crippen LogP contribution in [-0.2, 0) is 6.42 Å². The third kappa shape index (κ3) is 5.10. The normalized spacial score (nSPS) is 22.3. The highest BCUT2D eigenvalue weighted by molar-refractivity contribution is 5.98. The number of hydrogen-bond donors (Lipinski definition) is 1. The maximum Gasteiger partial charge on any atom is 0.253 e. The number of benzene rings is 2. The Balaban J connectivity index is 1.54. The van der Waals surface area contributed by atoms with Gasteiger partial charge in [-0.25, -0.2) is 4.98 Å². The number of hydrogen-bond acceptors (Lipinski definition) is 3. The number of piperidine rings is 1. The van der Waals surface area contributed by atoms with E-state index >= 15 is 0 Å². The predicted molar refractivity (Wildman–Crippen MR) is 144 cm³/mol. The van der Waals surface area contributed by atoms with Crippen LogP contribution < -0.4 is 5.32 Å². The van der Waals surface area contributed by atoms with Crippen LogP contribution in [0.3, 0.4) is 0 Å². The number of rotatable bonds is 5. The third-order valence-electron chi connectivity index (χ3n) is 7.93. The maximum atomic E-state index is 13.2. The summed E-state index contributed by atoms with van der Waals surface area (Å²) in [7, 11) is 0. The number of amides is 1. The highest BCUT2D eigenvalue weighted by atomic mass is 16.2. The van der Waals surface area contributed by atoms with Crippen molar-refractivity contribution in [1.82, 2.24) is 14.5 Å². The summed E-state index contributed by atoms with van der Waals surface area (Å²) < 4.78 is 2.41.